The van der Waals surface area contributed by atoms with E-state index in [9.17, 15) is 9.18 Å². The van der Waals surface area contributed by atoms with Crippen LogP contribution in [0.4, 0.5) is 10.2 Å². The van der Waals surface area contributed by atoms with Gasteiger partial charge < -0.3 is 15.1 Å². The zero-order valence-corrected chi connectivity index (χ0v) is 12.7. The van der Waals surface area contributed by atoms with Gasteiger partial charge in [0, 0.05) is 6.54 Å². The van der Waals surface area contributed by atoms with Gasteiger partial charge >= 0.3 is 0 Å². The molecule has 122 valence electrons. The maximum absolute atomic E-state index is 12.8. The van der Waals surface area contributed by atoms with Gasteiger partial charge in [0.15, 0.2) is 0 Å². The van der Waals surface area contributed by atoms with Crippen LogP contribution < -0.4 is 10.6 Å². The summed E-state index contributed by atoms with van der Waals surface area (Å²) in [5.74, 6) is 0.664. The van der Waals surface area contributed by atoms with E-state index >= 15 is 0 Å². The van der Waals surface area contributed by atoms with Crippen molar-refractivity contribution in [2.45, 2.75) is 13.1 Å². The third-order valence-corrected chi connectivity index (χ3v) is 3.27. The van der Waals surface area contributed by atoms with E-state index in [1.54, 1.807) is 24.5 Å². The van der Waals surface area contributed by atoms with Crippen molar-refractivity contribution < 1.29 is 13.6 Å². The van der Waals surface area contributed by atoms with Gasteiger partial charge in [0.25, 0.3) is 5.91 Å². The zero-order valence-electron chi connectivity index (χ0n) is 12.7. The molecule has 0 radical (unpaired) electrons. The van der Waals surface area contributed by atoms with E-state index < -0.39 is 0 Å². The maximum atomic E-state index is 12.8. The van der Waals surface area contributed by atoms with Gasteiger partial charge in [0.05, 0.1) is 25.2 Å². The molecule has 0 unspecified atom stereocenters. The van der Waals surface area contributed by atoms with Gasteiger partial charge in [-0.25, -0.2) is 14.4 Å². The molecule has 1 amide bonds. The van der Waals surface area contributed by atoms with Gasteiger partial charge in [-0.15, -0.1) is 0 Å². The molecule has 2 N–H and O–H groups in total. The average molecular weight is 326 g/mol. The molecule has 3 aromatic rings. The first-order chi connectivity index (χ1) is 11.7. The molecule has 0 aliphatic heterocycles. The standard InChI is InChI=1S/C17H15FN4O2/c18-13-5-3-12(4-6-13)8-22-17(23)15-10-21-16(11-19-15)20-9-14-2-1-7-24-14/h1-7,10-11H,8-9H2,(H,20,21)(H,22,23). The highest BCUT2D eigenvalue weighted by Crippen LogP contribution is 2.06. The first-order valence-corrected chi connectivity index (χ1v) is 7.31. The lowest BCUT2D eigenvalue weighted by Crippen LogP contribution is -2.24. The number of hydrogen-bond donors (Lipinski definition) is 2. The van der Waals surface area contributed by atoms with Crippen LogP contribution in [0.25, 0.3) is 0 Å². The number of carbonyl (C=O) groups is 1. The lowest BCUT2D eigenvalue weighted by molar-refractivity contribution is 0.0945. The van der Waals surface area contributed by atoms with Crippen molar-refractivity contribution in [1.29, 1.82) is 0 Å². The molecular weight excluding hydrogens is 311 g/mol. The highest BCUT2D eigenvalue weighted by Gasteiger charge is 2.08. The number of aromatic nitrogens is 2. The van der Waals surface area contributed by atoms with Crippen molar-refractivity contribution in [3.8, 4) is 0 Å². The fourth-order valence-electron chi connectivity index (χ4n) is 2.00. The number of hydrogen-bond acceptors (Lipinski definition) is 5. The Hall–Kier alpha value is -3.22. The van der Waals surface area contributed by atoms with Crippen LogP contribution in [0.1, 0.15) is 21.8 Å². The maximum Gasteiger partial charge on any atom is 0.271 e. The van der Waals surface area contributed by atoms with Crippen molar-refractivity contribution >= 4 is 11.7 Å². The zero-order chi connectivity index (χ0) is 16.8. The largest absolute Gasteiger partial charge is 0.467 e. The number of nitrogens with one attached hydrogen (secondary N) is 2. The number of halogens is 1. The third kappa shape index (κ3) is 4.16. The second kappa shape index (κ2) is 7.36. The minimum Gasteiger partial charge on any atom is -0.467 e. The summed E-state index contributed by atoms with van der Waals surface area (Å²) in [5, 5.41) is 5.75. The Morgan fingerprint density at radius 1 is 1.08 bits per heavy atom. The quantitative estimate of drug-likeness (QED) is 0.728. The Labute approximate surface area is 137 Å². The van der Waals surface area contributed by atoms with Crippen LogP contribution in [-0.4, -0.2) is 15.9 Å². The third-order valence-electron chi connectivity index (χ3n) is 3.27. The number of furan rings is 1. The smallest absolute Gasteiger partial charge is 0.271 e. The van der Waals surface area contributed by atoms with E-state index in [1.807, 2.05) is 6.07 Å². The number of carbonyl (C=O) groups excluding carboxylic acids is 1. The SMILES string of the molecule is O=C(NCc1ccc(F)cc1)c1cnc(NCc2ccco2)cn1. The molecule has 6 nitrogen and oxygen atoms in total. The van der Waals surface area contributed by atoms with Gasteiger partial charge in [-0.2, -0.15) is 0 Å². The highest BCUT2D eigenvalue weighted by molar-refractivity contribution is 5.91. The number of benzene rings is 1. The molecular formula is C17H15FN4O2. The minimum atomic E-state index is -0.343. The molecule has 0 bridgehead atoms. The summed E-state index contributed by atoms with van der Waals surface area (Å²) in [6.07, 6.45) is 4.47. The molecule has 2 heterocycles. The first kappa shape index (κ1) is 15.7. The number of anilines is 1. The van der Waals surface area contributed by atoms with Crippen molar-refractivity contribution in [3.05, 3.63) is 77.9 Å². The molecule has 0 atom stereocenters. The number of amides is 1. The minimum absolute atomic E-state index is 0.209. The first-order valence-electron chi connectivity index (χ1n) is 7.31. The molecule has 0 aliphatic carbocycles. The van der Waals surface area contributed by atoms with Crippen molar-refractivity contribution in [1.82, 2.24) is 15.3 Å². The molecule has 2 aromatic heterocycles. The Kier molecular flexibility index (Phi) is 4.81. The van der Waals surface area contributed by atoms with Crippen LogP contribution in [0, 0.1) is 5.82 Å². The topological polar surface area (TPSA) is 80.0 Å². The van der Waals surface area contributed by atoms with E-state index in [4.69, 9.17) is 4.42 Å². The second-order valence-electron chi connectivity index (χ2n) is 5.03. The van der Waals surface area contributed by atoms with Gasteiger partial charge in [-0.05, 0) is 29.8 Å². The van der Waals surface area contributed by atoms with Crippen LogP contribution in [-0.2, 0) is 13.1 Å². The van der Waals surface area contributed by atoms with Crippen LogP contribution in [0.15, 0.2) is 59.5 Å². The summed E-state index contributed by atoms with van der Waals surface area (Å²) < 4.78 is 18.0. The van der Waals surface area contributed by atoms with Crippen molar-refractivity contribution in [2.24, 2.45) is 0 Å². The molecule has 0 saturated heterocycles. The van der Waals surface area contributed by atoms with E-state index in [0.29, 0.717) is 18.9 Å². The molecule has 0 fully saturated rings. The predicted molar refractivity (Wildman–Crippen MR) is 85.6 cm³/mol. The molecule has 24 heavy (non-hydrogen) atoms. The Morgan fingerprint density at radius 3 is 2.58 bits per heavy atom. The normalized spacial score (nSPS) is 10.4. The van der Waals surface area contributed by atoms with Gasteiger partial charge in [-0.1, -0.05) is 12.1 Å². The molecule has 0 spiro atoms. The van der Waals surface area contributed by atoms with Gasteiger partial charge in [0.1, 0.15) is 23.1 Å². The predicted octanol–water partition coefficient (Wildman–Crippen LogP) is 2.75. The summed E-state index contributed by atoms with van der Waals surface area (Å²) in [6.45, 7) is 0.775. The second-order valence-corrected chi connectivity index (χ2v) is 5.03. The van der Waals surface area contributed by atoms with Crippen LogP contribution in [0.5, 0.6) is 0 Å². The van der Waals surface area contributed by atoms with Crippen LogP contribution in [0.3, 0.4) is 0 Å². The Bertz CT molecular complexity index is 786. The fourth-order valence-corrected chi connectivity index (χ4v) is 2.00. The summed E-state index contributed by atoms with van der Waals surface area (Å²) >= 11 is 0. The molecule has 0 saturated carbocycles. The summed E-state index contributed by atoms with van der Waals surface area (Å²) in [6, 6.07) is 9.57. The Morgan fingerprint density at radius 2 is 1.92 bits per heavy atom. The summed E-state index contributed by atoms with van der Waals surface area (Å²) in [5.41, 5.74) is 1.01. The fraction of sp³-hybridized carbons (Fsp3) is 0.118. The Balaban J connectivity index is 1.52. The highest BCUT2D eigenvalue weighted by atomic mass is 19.1. The molecule has 7 heteroatoms. The molecule has 0 aliphatic rings. The van der Waals surface area contributed by atoms with Crippen LogP contribution in [0.2, 0.25) is 0 Å². The van der Waals surface area contributed by atoms with E-state index in [0.717, 1.165) is 11.3 Å². The van der Waals surface area contributed by atoms with E-state index in [-0.39, 0.29) is 17.4 Å². The lowest BCUT2D eigenvalue weighted by Gasteiger charge is -2.06. The average Bonchev–Trinajstić information content (AvgIpc) is 3.13. The molecule has 1 aromatic carbocycles. The van der Waals surface area contributed by atoms with E-state index in [1.165, 1.54) is 24.5 Å². The number of nitrogens with zero attached hydrogens (tertiary/aromatic N) is 2. The summed E-state index contributed by atoms with van der Waals surface area (Å²) in [7, 11) is 0. The van der Waals surface area contributed by atoms with Gasteiger partial charge in [-0.3, -0.25) is 4.79 Å². The lowest BCUT2D eigenvalue weighted by atomic mass is 10.2. The van der Waals surface area contributed by atoms with E-state index in [2.05, 4.69) is 20.6 Å². The van der Waals surface area contributed by atoms with Crippen molar-refractivity contribution in [3.63, 3.8) is 0 Å². The molecule has 3 rings (SSSR count). The van der Waals surface area contributed by atoms with Gasteiger partial charge in [0.2, 0.25) is 0 Å². The summed E-state index contributed by atoms with van der Waals surface area (Å²) in [4.78, 5) is 20.2. The van der Waals surface area contributed by atoms with Crippen molar-refractivity contribution in [2.75, 3.05) is 5.32 Å². The van der Waals surface area contributed by atoms with Crippen LogP contribution >= 0.6 is 0 Å². The number of rotatable bonds is 6. The monoisotopic (exact) mass is 326 g/mol.